The first-order valence-corrected chi connectivity index (χ1v) is 11.2. The van der Waals surface area contributed by atoms with Gasteiger partial charge in [0, 0.05) is 24.0 Å². The van der Waals surface area contributed by atoms with Crippen molar-refractivity contribution in [3.63, 3.8) is 0 Å². The van der Waals surface area contributed by atoms with E-state index in [0.29, 0.717) is 43.0 Å². The van der Waals surface area contributed by atoms with Crippen LogP contribution >= 0.6 is 11.8 Å². The predicted octanol–water partition coefficient (Wildman–Crippen LogP) is 4.18. The van der Waals surface area contributed by atoms with Crippen molar-refractivity contribution in [1.29, 1.82) is 0 Å². The Morgan fingerprint density at radius 2 is 1.58 bits per heavy atom. The van der Waals surface area contributed by atoms with E-state index in [2.05, 4.69) is 0 Å². The van der Waals surface area contributed by atoms with E-state index in [0.717, 1.165) is 10.5 Å². The maximum Gasteiger partial charge on any atom is 0.409 e. The lowest BCUT2D eigenvalue weighted by Gasteiger charge is -2.35. The summed E-state index contributed by atoms with van der Waals surface area (Å²) in [4.78, 5) is 43.3. The number of ether oxygens (including phenoxy) is 1. The zero-order valence-electron chi connectivity index (χ0n) is 17.3. The van der Waals surface area contributed by atoms with Crippen molar-refractivity contribution < 1.29 is 19.1 Å². The van der Waals surface area contributed by atoms with Gasteiger partial charge in [-0.05, 0) is 37.5 Å². The van der Waals surface area contributed by atoms with Gasteiger partial charge in [-0.3, -0.25) is 14.5 Å². The van der Waals surface area contributed by atoms with Gasteiger partial charge in [0.2, 0.25) is 0 Å². The maximum atomic E-state index is 13.5. The Kier molecular flexibility index (Phi) is 6.42. The monoisotopic (exact) mass is 436 g/mol. The highest BCUT2D eigenvalue weighted by Crippen LogP contribution is 2.41. The van der Waals surface area contributed by atoms with Gasteiger partial charge in [-0.1, -0.05) is 60.3 Å². The Bertz CT molecular complexity index is 999. The molecule has 6 nitrogen and oxygen atoms in total. The fourth-order valence-corrected chi connectivity index (χ4v) is 4.96. The molecule has 0 aliphatic carbocycles. The molecule has 0 bridgehead atoms. The molecule has 0 atom stereocenters. The number of hydrogen-bond acceptors (Lipinski definition) is 5. The van der Waals surface area contributed by atoms with Crippen LogP contribution in [0, 0.1) is 0 Å². The van der Waals surface area contributed by atoms with Crippen LogP contribution in [-0.4, -0.2) is 53.4 Å². The third-order valence-electron chi connectivity index (χ3n) is 5.45. The smallest absolute Gasteiger partial charge is 0.409 e. The minimum absolute atomic E-state index is 0.238. The molecule has 3 amide bonds. The van der Waals surface area contributed by atoms with E-state index in [1.54, 1.807) is 11.8 Å². The number of rotatable bonds is 5. The molecule has 0 spiro atoms. The van der Waals surface area contributed by atoms with Gasteiger partial charge in [-0.15, -0.1) is 0 Å². The van der Waals surface area contributed by atoms with Gasteiger partial charge in [0.05, 0.1) is 17.1 Å². The largest absolute Gasteiger partial charge is 0.450 e. The molecule has 0 radical (unpaired) electrons. The number of thioether (sulfide) groups is 1. The minimum atomic E-state index is -0.344. The Morgan fingerprint density at radius 3 is 2.19 bits per heavy atom. The molecular weight excluding hydrogens is 412 g/mol. The minimum Gasteiger partial charge on any atom is -0.450 e. The van der Waals surface area contributed by atoms with Crippen LogP contribution in [0.25, 0.3) is 5.57 Å². The SMILES string of the molecule is CCOC(=O)N1CCC(N2C(=O)C(Sc3ccccc3)=C(c3ccccc3)C2=O)CC1. The van der Waals surface area contributed by atoms with Crippen LogP contribution in [0.5, 0.6) is 0 Å². The molecule has 7 heteroatoms. The number of nitrogens with zero attached hydrogens (tertiary/aromatic N) is 2. The van der Waals surface area contributed by atoms with Crippen LogP contribution in [0.2, 0.25) is 0 Å². The molecule has 1 saturated heterocycles. The second kappa shape index (κ2) is 9.39. The van der Waals surface area contributed by atoms with Gasteiger partial charge < -0.3 is 9.64 Å². The summed E-state index contributed by atoms with van der Waals surface area (Å²) in [6.45, 7) is 3.02. The van der Waals surface area contributed by atoms with Crippen molar-refractivity contribution in [1.82, 2.24) is 9.80 Å². The fraction of sp³-hybridized carbons (Fsp3) is 0.292. The molecule has 0 N–H and O–H groups in total. The molecule has 1 fully saturated rings. The van der Waals surface area contributed by atoms with Crippen LogP contribution in [0.15, 0.2) is 70.5 Å². The van der Waals surface area contributed by atoms with Gasteiger partial charge in [0.15, 0.2) is 0 Å². The summed E-state index contributed by atoms with van der Waals surface area (Å²) < 4.78 is 5.07. The van der Waals surface area contributed by atoms with E-state index in [4.69, 9.17) is 4.74 Å². The number of carbonyl (C=O) groups excluding carboxylic acids is 3. The highest BCUT2D eigenvalue weighted by atomic mass is 32.2. The predicted molar refractivity (Wildman–Crippen MR) is 119 cm³/mol. The second-order valence-electron chi connectivity index (χ2n) is 7.38. The first-order chi connectivity index (χ1) is 15.1. The van der Waals surface area contributed by atoms with E-state index in [9.17, 15) is 14.4 Å². The van der Waals surface area contributed by atoms with E-state index in [1.807, 2.05) is 60.7 Å². The summed E-state index contributed by atoms with van der Waals surface area (Å²) in [5.41, 5.74) is 1.19. The third-order valence-corrected chi connectivity index (χ3v) is 6.54. The number of amides is 3. The van der Waals surface area contributed by atoms with Gasteiger partial charge in [-0.2, -0.15) is 0 Å². The lowest BCUT2D eigenvalue weighted by atomic mass is 10.0. The number of hydrogen-bond donors (Lipinski definition) is 0. The summed E-state index contributed by atoms with van der Waals surface area (Å²) >= 11 is 1.33. The Balaban J connectivity index is 1.59. The topological polar surface area (TPSA) is 66.9 Å². The van der Waals surface area contributed by atoms with Crippen LogP contribution in [0.1, 0.15) is 25.3 Å². The zero-order valence-corrected chi connectivity index (χ0v) is 18.1. The number of benzene rings is 2. The molecule has 0 saturated carbocycles. The summed E-state index contributed by atoms with van der Waals surface area (Å²) in [7, 11) is 0. The molecule has 0 unspecified atom stereocenters. The van der Waals surface area contributed by atoms with Crippen LogP contribution in [0.3, 0.4) is 0 Å². The Labute approximate surface area is 185 Å². The molecule has 2 aromatic carbocycles. The summed E-state index contributed by atoms with van der Waals surface area (Å²) in [5, 5.41) is 0. The first kappa shape index (κ1) is 21.2. The van der Waals surface area contributed by atoms with Crippen LogP contribution in [0.4, 0.5) is 4.79 Å². The van der Waals surface area contributed by atoms with Gasteiger partial charge in [-0.25, -0.2) is 4.79 Å². The summed E-state index contributed by atoms with van der Waals surface area (Å²) in [6, 6.07) is 18.7. The molecule has 4 rings (SSSR count). The second-order valence-corrected chi connectivity index (χ2v) is 8.47. The molecular formula is C24H24N2O4S. The van der Waals surface area contributed by atoms with Crippen molar-refractivity contribution in [3.05, 3.63) is 71.1 Å². The number of carbonyl (C=O) groups is 3. The van der Waals surface area contributed by atoms with Crippen LogP contribution < -0.4 is 0 Å². The molecule has 160 valence electrons. The molecule has 2 aliphatic heterocycles. The van der Waals surface area contributed by atoms with E-state index >= 15 is 0 Å². The van der Waals surface area contributed by atoms with Crippen molar-refractivity contribution >= 4 is 35.2 Å². The summed E-state index contributed by atoms with van der Waals surface area (Å²) in [6.07, 6.45) is 0.743. The third kappa shape index (κ3) is 4.37. The fourth-order valence-electron chi connectivity index (χ4n) is 3.94. The normalized spacial score (nSPS) is 17.5. The number of imide groups is 1. The Hall–Kier alpha value is -3.06. The van der Waals surface area contributed by atoms with Gasteiger partial charge >= 0.3 is 6.09 Å². The van der Waals surface area contributed by atoms with Crippen LogP contribution in [-0.2, 0) is 14.3 Å². The number of piperidine rings is 1. The van der Waals surface area contributed by atoms with Crippen molar-refractivity contribution in [2.24, 2.45) is 0 Å². The quantitative estimate of drug-likeness (QED) is 0.658. The lowest BCUT2D eigenvalue weighted by molar-refractivity contribution is -0.140. The molecule has 0 aromatic heterocycles. The van der Waals surface area contributed by atoms with Crippen molar-refractivity contribution in [2.75, 3.05) is 19.7 Å². The van der Waals surface area contributed by atoms with E-state index in [-0.39, 0.29) is 23.9 Å². The lowest BCUT2D eigenvalue weighted by Crippen LogP contribution is -2.49. The Morgan fingerprint density at radius 1 is 0.968 bits per heavy atom. The molecule has 2 aromatic rings. The van der Waals surface area contributed by atoms with Gasteiger partial charge in [0.25, 0.3) is 11.8 Å². The standard InChI is InChI=1S/C24H24N2O4S/c1-2-30-24(29)25-15-13-18(14-16-25)26-22(27)20(17-9-5-3-6-10-17)21(23(26)28)31-19-11-7-4-8-12-19/h3-12,18H,2,13-16H2,1H3. The maximum absolute atomic E-state index is 13.5. The average Bonchev–Trinajstić information content (AvgIpc) is 3.04. The van der Waals surface area contributed by atoms with Gasteiger partial charge in [0.1, 0.15) is 0 Å². The highest BCUT2D eigenvalue weighted by Gasteiger charge is 2.44. The van der Waals surface area contributed by atoms with E-state index in [1.165, 1.54) is 16.7 Å². The molecule has 31 heavy (non-hydrogen) atoms. The molecule has 2 heterocycles. The van der Waals surface area contributed by atoms with Crippen molar-refractivity contribution in [3.8, 4) is 0 Å². The first-order valence-electron chi connectivity index (χ1n) is 10.4. The summed E-state index contributed by atoms with van der Waals surface area (Å²) in [5.74, 6) is -0.517. The number of likely N-dealkylation sites (tertiary alicyclic amines) is 1. The molecule has 2 aliphatic rings. The van der Waals surface area contributed by atoms with E-state index < -0.39 is 0 Å². The van der Waals surface area contributed by atoms with Crippen molar-refractivity contribution in [2.45, 2.75) is 30.7 Å². The highest BCUT2D eigenvalue weighted by molar-refractivity contribution is 8.04. The zero-order chi connectivity index (χ0) is 21.8. The average molecular weight is 437 g/mol.